The number of carbonyl (C=O) groups is 1. The van der Waals surface area contributed by atoms with E-state index in [2.05, 4.69) is 20.3 Å². The number of carbonyl (C=O) groups excluding carboxylic acids is 1. The molecule has 144 valence electrons. The lowest BCUT2D eigenvalue weighted by atomic mass is 10.0. The van der Waals surface area contributed by atoms with Crippen LogP contribution >= 0.6 is 0 Å². The SMILES string of the molecule is Nc1ncccc1NCc1cc(CC(=O)c2cnc3ccccc3n2)ccc1F. The Kier molecular flexibility index (Phi) is 5.11. The highest BCUT2D eigenvalue weighted by Gasteiger charge is 2.12. The first-order chi connectivity index (χ1) is 14.1. The first-order valence-electron chi connectivity index (χ1n) is 9.07. The molecule has 2 aromatic carbocycles. The van der Waals surface area contributed by atoms with Gasteiger partial charge in [-0.3, -0.25) is 9.78 Å². The van der Waals surface area contributed by atoms with Crippen LogP contribution in [0.2, 0.25) is 0 Å². The molecule has 0 radical (unpaired) electrons. The summed E-state index contributed by atoms with van der Waals surface area (Å²) in [4.78, 5) is 25.3. The third kappa shape index (κ3) is 4.19. The Morgan fingerprint density at radius 2 is 1.86 bits per heavy atom. The summed E-state index contributed by atoms with van der Waals surface area (Å²) in [6, 6.07) is 15.5. The summed E-state index contributed by atoms with van der Waals surface area (Å²) in [5.74, 6) is -0.193. The number of halogens is 1. The van der Waals surface area contributed by atoms with Crippen LogP contribution in [0.4, 0.5) is 15.9 Å². The Bertz CT molecular complexity index is 1190. The molecule has 29 heavy (non-hydrogen) atoms. The molecule has 0 fully saturated rings. The van der Waals surface area contributed by atoms with E-state index in [0.717, 1.165) is 5.52 Å². The maximum absolute atomic E-state index is 14.2. The summed E-state index contributed by atoms with van der Waals surface area (Å²) in [6.07, 6.45) is 3.17. The smallest absolute Gasteiger partial charge is 0.187 e. The Morgan fingerprint density at radius 1 is 1.03 bits per heavy atom. The first-order valence-corrected chi connectivity index (χ1v) is 9.07. The number of ketones is 1. The molecule has 0 saturated carbocycles. The Hall–Kier alpha value is -3.87. The number of para-hydroxylation sites is 2. The molecule has 4 rings (SSSR count). The molecule has 0 aliphatic carbocycles. The molecule has 0 amide bonds. The van der Waals surface area contributed by atoms with Crippen LogP contribution in [0.15, 0.2) is 67.0 Å². The molecule has 0 spiro atoms. The molecule has 0 atom stereocenters. The quantitative estimate of drug-likeness (QED) is 0.489. The van der Waals surface area contributed by atoms with E-state index < -0.39 is 0 Å². The van der Waals surface area contributed by atoms with Gasteiger partial charge >= 0.3 is 0 Å². The fraction of sp³-hybridized carbons (Fsp3) is 0.0909. The summed E-state index contributed by atoms with van der Waals surface area (Å²) in [5.41, 5.74) is 9.23. The molecule has 6 nitrogen and oxygen atoms in total. The zero-order valence-electron chi connectivity index (χ0n) is 15.5. The molecule has 0 unspecified atom stereocenters. The summed E-state index contributed by atoms with van der Waals surface area (Å²) in [5, 5.41) is 3.07. The molecule has 7 heteroatoms. The number of benzene rings is 2. The third-order valence-electron chi connectivity index (χ3n) is 4.52. The molecule has 4 aromatic rings. The van der Waals surface area contributed by atoms with Gasteiger partial charge in [-0.1, -0.05) is 24.3 Å². The molecule has 0 saturated heterocycles. The highest BCUT2D eigenvalue weighted by atomic mass is 19.1. The molecule has 0 aliphatic rings. The maximum atomic E-state index is 14.2. The lowest BCUT2D eigenvalue weighted by Crippen LogP contribution is -2.09. The number of Topliss-reactive ketones (excluding diaryl/α,β-unsaturated/α-hetero) is 1. The average Bonchev–Trinajstić information content (AvgIpc) is 2.74. The molecule has 2 aromatic heterocycles. The third-order valence-corrected chi connectivity index (χ3v) is 4.52. The van der Waals surface area contributed by atoms with Crippen LogP contribution in [0.5, 0.6) is 0 Å². The number of anilines is 2. The van der Waals surface area contributed by atoms with E-state index >= 15 is 0 Å². The van der Waals surface area contributed by atoms with E-state index in [0.29, 0.717) is 28.1 Å². The Labute approximate surface area is 166 Å². The van der Waals surface area contributed by atoms with Gasteiger partial charge in [0, 0.05) is 24.7 Å². The highest BCUT2D eigenvalue weighted by molar-refractivity contribution is 5.96. The van der Waals surface area contributed by atoms with Gasteiger partial charge in [0.15, 0.2) is 5.78 Å². The second kappa shape index (κ2) is 8.02. The van der Waals surface area contributed by atoms with Crippen LogP contribution in [0.25, 0.3) is 11.0 Å². The Balaban J connectivity index is 1.50. The minimum Gasteiger partial charge on any atom is -0.382 e. The minimum atomic E-state index is -0.360. The maximum Gasteiger partial charge on any atom is 0.187 e. The molecule has 3 N–H and O–H groups in total. The molecular weight excluding hydrogens is 369 g/mol. The van der Waals surface area contributed by atoms with Crippen LogP contribution in [0.3, 0.4) is 0 Å². The van der Waals surface area contributed by atoms with Crippen molar-refractivity contribution in [2.75, 3.05) is 11.1 Å². The van der Waals surface area contributed by atoms with Crippen LogP contribution in [0, 0.1) is 5.82 Å². The minimum absolute atomic E-state index is 0.106. The van der Waals surface area contributed by atoms with Crippen molar-refractivity contribution in [3.63, 3.8) is 0 Å². The number of pyridine rings is 1. The van der Waals surface area contributed by atoms with Gasteiger partial charge in [-0.05, 0) is 35.9 Å². The number of hydrogen-bond acceptors (Lipinski definition) is 6. The standard InChI is InChI=1S/C22H18FN5O/c23-16-8-7-14(10-15(16)12-26-19-6-3-9-25-22(19)24)11-21(29)20-13-27-17-4-1-2-5-18(17)28-20/h1-10,13,26H,11-12H2,(H2,24,25). The van der Waals surface area contributed by atoms with Gasteiger partial charge in [0.25, 0.3) is 0 Å². The van der Waals surface area contributed by atoms with Crippen LogP contribution in [-0.4, -0.2) is 20.7 Å². The van der Waals surface area contributed by atoms with Crippen LogP contribution in [-0.2, 0) is 13.0 Å². The predicted octanol–water partition coefficient (Wildman–Crippen LogP) is 3.78. The largest absolute Gasteiger partial charge is 0.382 e. The molecule has 2 heterocycles. The van der Waals surface area contributed by atoms with Crippen molar-refractivity contribution in [3.8, 4) is 0 Å². The van der Waals surface area contributed by atoms with Crippen molar-refractivity contribution >= 4 is 28.3 Å². The van der Waals surface area contributed by atoms with Crippen molar-refractivity contribution in [2.24, 2.45) is 0 Å². The van der Waals surface area contributed by atoms with Gasteiger partial charge < -0.3 is 11.1 Å². The number of rotatable bonds is 6. The zero-order chi connectivity index (χ0) is 20.2. The van der Waals surface area contributed by atoms with Crippen molar-refractivity contribution in [2.45, 2.75) is 13.0 Å². The number of nitrogens with zero attached hydrogens (tertiary/aromatic N) is 3. The summed E-state index contributed by atoms with van der Waals surface area (Å²) in [6.45, 7) is 0.222. The number of hydrogen-bond donors (Lipinski definition) is 2. The van der Waals surface area contributed by atoms with Crippen LogP contribution in [0.1, 0.15) is 21.6 Å². The van der Waals surface area contributed by atoms with Crippen molar-refractivity contribution in [1.82, 2.24) is 15.0 Å². The van der Waals surface area contributed by atoms with E-state index in [1.807, 2.05) is 24.3 Å². The number of aromatic nitrogens is 3. The lowest BCUT2D eigenvalue weighted by Gasteiger charge is -2.10. The lowest BCUT2D eigenvalue weighted by molar-refractivity contribution is 0.0988. The van der Waals surface area contributed by atoms with E-state index in [1.54, 1.807) is 30.5 Å². The number of nitrogens with one attached hydrogen (secondary N) is 1. The normalized spacial score (nSPS) is 10.8. The second-order valence-electron chi connectivity index (χ2n) is 6.56. The topological polar surface area (TPSA) is 93.8 Å². The van der Waals surface area contributed by atoms with Crippen molar-refractivity contribution < 1.29 is 9.18 Å². The second-order valence-corrected chi connectivity index (χ2v) is 6.56. The first kappa shape index (κ1) is 18.5. The summed E-state index contributed by atoms with van der Waals surface area (Å²) >= 11 is 0. The number of nitrogen functional groups attached to an aromatic ring is 1. The summed E-state index contributed by atoms with van der Waals surface area (Å²) in [7, 11) is 0. The predicted molar refractivity (Wildman–Crippen MR) is 110 cm³/mol. The van der Waals surface area contributed by atoms with E-state index in [1.165, 1.54) is 12.3 Å². The average molecular weight is 387 g/mol. The van der Waals surface area contributed by atoms with Gasteiger partial charge in [-0.2, -0.15) is 0 Å². The van der Waals surface area contributed by atoms with Gasteiger partial charge in [0.05, 0.1) is 22.9 Å². The number of fused-ring (bicyclic) bond motifs is 1. The molecular formula is C22H18FN5O. The van der Waals surface area contributed by atoms with Crippen molar-refractivity contribution in [3.05, 3.63) is 89.6 Å². The number of nitrogens with two attached hydrogens (primary N) is 1. The molecule has 0 aliphatic heterocycles. The van der Waals surface area contributed by atoms with Crippen molar-refractivity contribution in [1.29, 1.82) is 0 Å². The monoisotopic (exact) mass is 387 g/mol. The van der Waals surface area contributed by atoms with E-state index in [4.69, 9.17) is 5.73 Å². The fourth-order valence-electron chi connectivity index (χ4n) is 3.00. The van der Waals surface area contributed by atoms with Gasteiger partial charge in [0.1, 0.15) is 17.3 Å². The fourth-order valence-corrected chi connectivity index (χ4v) is 3.00. The van der Waals surface area contributed by atoms with Gasteiger partial charge in [-0.25, -0.2) is 14.4 Å². The van der Waals surface area contributed by atoms with Crippen LogP contribution < -0.4 is 11.1 Å². The van der Waals surface area contributed by atoms with Gasteiger partial charge in [-0.15, -0.1) is 0 Å². The summed E-state index contributed by atoms with van der Waals surface area (Å²) < 4.78 is 14.2. The molecule has 0 bridgehead atoms. The van der Waals surface area contributed by atoms with E-state index in [9.17, 15) is 9.18 Å². The van der Waals surface area contributed by atoms with E-state index in [-0.39, 0.29) is 30.3 Å². The zero-order valence-corrected chi connectivity index (χ0v) is 15.5. The van der Waals surface area contributed by atoms with Gasteiger partial charge in [0.2, 0.25) is 0 Å². The highest BCUT2D eigenvalue weighted by Crippen LogP contribution is 2.18. The Morgan fingerprint density at radius 3 is 2.69 bits per heavy atom.